The van der Waals surface area contributed by atoms with Crippen molar-refractivity contribution < 1.29 is 0 Å². The van der Waals surface area contributed by atoms with Gasteiger partial charge in [-0.05, 0) is 35.7 Å². The van der Waals surface area contributed by atoms with Crippen LogP contribution in [0.5, 0.6) is 0 Å². The topological polar surface area (TPSA) is 55.6 Å². The lowest BCUT2D eigenvalue weighted by molar-refractivity contribution is 0.510. The fourth-order valence-electron chi connectivity index (χ4n) is 1.31. The van der Waals surface area contributed by atoms with Gasteiger partial charge in [0.15, 0.2) is 0 Å². The highest BCUT2D eigenvalue weighted by Gasteiger charge is 2.06. The summed E-state index contributed by atoms with van der Waals surface area (Å²) in [6.07, 6.45) is 2.36. The van der Waals surface area contributed by atoms with Gasteiger partial charge >= 0.3 is 0 Å². The molecule has 0 spiro atoms. The molecule has 0 radical (unpaired) electrons. The van der Waals surface area contributed by atoms with E-state index in [0.29, 0.717) is 0 Å². The minimum Gasteiger partial charge on any atom is -0.315 e. The highest BCUT2D eigenvalue weighted by molar-refractivity contribution is 7.99. The lowest BCUT2D eigenvalue weighted by Crippen LogP contribution is -2.21. The molecule has 1 aromatic rings. The second kappa shape index (κ2) is 8.47. The molecule has 0 bridgehead atoms. The molecule has 0 aromatic carbocycles. The Hall–Kier alpha value is -0.620. The van der Waals surface area contributed by atoms with Gasteiger partial charge in [0, 0.05) is 12.3 Å². The molecule has 98 valence electrons. The van der Waals surface area contributed by atoms with Gasteiger partial charge in [-0.1, -0.05) is 32.5 Å². The van der Waals surface area contributed by atoms with Crippen molar-refractivity contribution in [2.24, 2.45) is 5.92 Å². The van der Waals surface area contributed by atoms with Crippen LogP contribution in [0.4, 0.5) is 0 Å². The predicted molar refractivity (Wildman–Crippen MR) is 71.2 cm³/mol. The third-order valence-corrected chi connectivity index (χ3v) is 3.34. The van der Waals surface area contributed by atoms with Gasteiger partial charge < -0.3 is 5.32 Å². The number of thioether (sulfide) groups is 1. The summed E-state index contributed by atoms with van der Waals surface area (Å²) in [6.45, 7) is 9.46. The smallest absolute Gasteiger partial charge is 0.209 e. The van der Waals surface area contributed by atoms with E-state index in [9.17, 15) is 0 Å². The highest BCUT2D eigenvalue weighted by atomic mass is 32.2. The lowest BCUT2D eigenvalue weighted by Gasteiger charge is -2.06. The van der Waals surface area contributed by atoms with E-state index >= 15 is 0 Å². The summed E-state index contributed by atoms with van der Waals surface area (Å²) in [5, 5.41) is 16.1. The fraction of sp³-hybridized carbons (Fsp3) is 0.909. The van der Waals surface area contributed by atoms with Crippen LogP contribution in [0, 0.1) is 5.92 Å². The Morgan fingerprint density at radius 2 is 2.18 bits per heavy atom. The molecular weight excluding hydrogens is 234 g/mol. The number of aromatic nitrogens is 4. The second-order valence-electron chi connectivity index (χ2n) is 4.47. The Labute approximate surface area is 108 Å². The van der Waals surface area contributed by atoms with Crippen LogP contribution in [0.2, 0.25) is 0 Å². The van der Waals surface area contributed by atoms with Gasteiger partial charge in [-0.3, -0.25) is 0 Å². The Balaban J connectivity index is 2.27. The van der Waals surface area contributed by atoms with E-state index in [0.717, 1.165) is 42.9 Å². The van der Waals surface area contributed by atoms with Gasteiger partial charge in [0.2, 0.25) is 5.16 Å². The van der Waals surface area contributed by atoms with Crippen molar-refractivity contribution in [3.8, 4) is 0 Å². The first kappa shape index (κ1) is 14.4. The van der Waals surface area contributed by atoms with Crippen molar-refractivity contribution in [3.05, 3.63) is 0 Å². The molecule has 1 rings (SSSR count). The van der Waals surface area contributed by atoms with E-state index in [1.165, 1.54) is 6.42 Å². The highest BCUT2D eigenvalue weighted by Crippen LogP contribution is 2.16. The molecule has 1 heterocycles. The van der Waals surface area contributed by atoms with Crippen LogP contribution in [0.15, 0.2) is 5.16 Å². The summed E-state index contributed by atoms with van der Waals surface area (Å²) in [6, 6.07) is 0. The third kappa shape index (κ3) is 6.02. The Kier molecular flexibility index (Phi) is 7.19. The van der Waals surface area contributed by atoms with Gasteiger partial charge in [0.05, 0.1) is 6.54 Å². The third-order valence-electron chi connectivity index (χ3n) is 2.35. The number of hydrogen-bond donors (Lipinski definition) is 1. The minimum absolute atomic E-state index is 0.734. The van der Waals surface area contributed by atoms with Crippen LogP contribution < -0.4 is 5.32 Å². The van der Waals surface area contributed by atoms with Crippen LogP contribution in [0.1, 0.15) is 33.6 Å². The summed E-state index contributed by atoms with van der Waals surface area (Å²) < 4.78 is 1.88. The molecule has 0 amide bonds. The molecule has 5 nitrogen and oxygen atoms in total. The number of rotatable bonds is 9. The van der Waals surface area contributed by atoms with Crippen molar-refractivity contribution in [3.63, 3.8) is 0 Å². The zero-order valence-electron chi connectivity index (χ0n) is 11.0. The molecule has 6 heteroatoms. The van der Waals surface area contributed by atoms with Crippen molar-refractivity contribution in [1.29, 1.82) is 0 Å². The van der Waals surface area contributed by atoms with Gasteiger partial charge in [-0.15, -0.1) is 5.10 Å². The Morgan fingerprint density at radius 1 is 1.35 bits per heavy atom. The van der Waals surface area contributed by atoms with Crippen molar-refractivity contribution in [2.45, 2.75) is 45.3 Å². The van der Waals surface area contributed by atoms with Crippen LogP contribution in [0.25, 0.3) is 0 Å². The van der Waals surface area contributed by atoms with E-state index in [1.807, 2.05) is 4.68 Å². The van der Waals surface area contributed by atoms with E-state index in [1.54, 1.807) is 11.8 Å². The molecule has 0 aliphatic heterocycles. The molecule has 0 saturated carbocycles. The van der Waals surface area contributed by atoms with Crippen LogP contribution in [0.3, 0.4) is 0 Å². The van der Waals surface area contributed by atoms with E-state index in [4.69, 9.17) is 0 Å². The average molecular weight is 257 g/mol. The van der Waals surface area contributed by atoms with E-state index in [-0.39, 0.29) is 0 Å². The molecule has 1 aromatic heterocycles. The molecule has 0 unspecified atom stereocenters. The predicted octanol–water partition coefficient (Wildman–Crippen LogP) is 1.81. The maximum absolute atomic E-state index is 4.05. The zero-order valence-corrected chi connectivity index (χ0v) is 11.8. The van der Waals surface area contributed by atoms with E-state index < -0.39 is 0 Å². The van der Waals surface area contributed by atoms with Crippen LogP contribution in [-0.2, 0) is 6.54 Å². The number of tetrazole rings is 1. The summed E-state index contributed by atoms with van der Waals surface area (Å²) >= 11 is 1.74. The average Bonchev–Trinajstić information content (AvgIpc) is 2.72. The standard InChI is InChI=1S/C11H23N5S/c1-4-6-12-7-8-16-11(13-14-15-16)17-9-5-10(2)3/h10,12H,4-9H2,1-3H3. The molecular formula is C11H23N5S. The largest absolute Gasteiger partial charge is 0.315 e. The quantitative estimate of drug-likeness (QED) is 0.540. The molecule has 0 aliphatic carbocycles. The first-order valence-corrected chi connectivity index (χ1v) is 7.32. The zero-order chi connectivity index (χ0) is 12.5. The molecule has 0 saturated heterocycles. The monoisotopic (exact) mass is 257 g/mol. The van der Waals surface area contributed by atoms with Gasteiger partial charge in [0.1, 0.15) is 0 Å². The first-order chi connectivity index (χ1) is 8.24. The number of nitrogens with one attached hydrogen (secondary N) is 1. The first-order valence-electron chi connectivity index (χ1n) is 6.33. The summed E-state index contributed by atoms with van der Waals surface area (Å²) in [5.74, 6) is 1.82. The molecule has 0 aliphatic rings. The van der Waals surface area contributed by atoms with E-state index in [2.05, 4.69) is 41.6 Å². The van der Waals surface area contributed by atoms with Crippen molar-refractivity contribution in [1.82, 2.24) is 25.5 Å². The van der Waals surface area contributed by atoms with Gasteiger partial charge in [-0.25, -0.2) is 4.68 Å². The van der Waals surface area contributed by atoms with Crippen molar-refractivity contribution in [2.75, 3.05) is 18.8 Å². The van der Waals surface area contributed by atoms with Crippen molar-refractivity contribution >= 4 is 11.8 Å². The summed E-state index contributed by atoms with van der Waals surface area (Å²) in [5.41, 5.74) is 0. The van der Waals surface area contributed by atoms with Crippen LogP contribution in [-0.4, -0.2) is 39.0 Å². The lowest BCUT2D eigenvalue weighted by atomic mass is 10.2. The van der Waals surface area contributed by atoms with Crippen LogP contribution >= 0.6 is 11.8 Å². The Morgan fingerprint density at radius 3 is 2.88 bits per heavy atom. The molecule has 0 fully saturated rings. The SMILES string of the molecule is CCCNCCn1nnnc1SCCC(C)C. The summed E-state index contributed by atoms with van der Waals surface area (Å²) in [7, 11) is 0. The second-order valence-corrected chi connectivity index (χ2v) is 5.53. The normalized spacial score (nSPS) is 11.3. The Bertz CT molecular complexity index is 300. The van der Waals surface area contributed by atoms with Gasteiger partial charge in [0.25, 0.3) is 0 Å². The molecule has 17 heavy (non-hydrogen) atoms. The number of nitrogens with zero attached hydrogens (tertiary/aromatic N) is 4. The number of hydrogen-bond acceptors (Lipinski definition) is 5. The van der Waals surface area contributed by atoms with Gasteiger partial charge in [-0.2, -0.15) is 0 Å². The maximum Gasteiger partial charge on any atom is 0.209 e. The molecule has 1 N–H and O–H groups in total. The fourth-order valence-corrected chi connectivity index (χ4v) is 2.46. The maximum atomic E-state index is 4.05. The molecule has 0 atom stereocenters. The summed E-state index contributed by atoms with van der Waals surface area (Å²) in [4.78, 5) is 0. The minimum atomic E-state index is 0.734.